The first-order valence-corrected chi connectivity index (χ1v) is 9.94. The van der Waals surface area contributed by atoms with Gasteiger partial charge in [0.1, 0.15) is 11.5 Å². The molecule has 1 saturated heterocycles. The van der Waals surface area contributed by atoms with Gasteiger partial charge in [0.2, 0.25) is 0 Å². The largest absolute Gasteiger partial charge is 0.465 e. The summed E-state index contributed by atoms with van der Waals surface area (Å²) in [5.74, 6) is -1.89. The minimum absolute atomic E-state index is 0.177. The van der Waals surface area contributed by atoms with Gasteiger partial charge in [0.15, 0.2) is 5.78 Å². The van der Waals surface area contributed by atoms with E-state index in [2.05, 4.69) is 0 Å². The molecule has 1 aliphatic heterocycles. The minimum atomic E-state index is -0.994. The van der Waals surface area contributed by atoms with Crippen molar-refractivity contribution in [2.24, 2.45) is 5.92 Å². The van der Waals surface area contributed by atoms with Crippen molar-refractivity contribution in [3.8, 4) is 0 Å². The number of hydrogen-bond acceptors (Lipinski definition) is 5. The topological polar surface area (TPSA) is 72.9 Å². The summed E-state index contributed by atoms with van der Waals surface area (Å²) in [5.41, 5.74) is 0.106. The average Bonchev–Trinajstić information content (AvgIpc) is 3.08. The number of Topliss-reactive ketones (excluding diaryl/α,β-unsaturated/α-hetero) is 1. The Balaban J connectivity index is 2.22. The molecule has 154 valence electrons. The van der Waals surface area contributed by atoms with Gasteiger partial charge < -0.3 is 9.47 Å². The molecule has 1 unspecified atom stereocenters. The fraction of sp³-hybridized carbons (Fsp3) is 0.571. The molecule has 0 saturated carbocycles. The standard InChI is InChI=1S/C21H28ClNO5/c1-5-27-19(25)16(13-14-8-6-9-15(22)12-14)18(24)17-10-7-11-23(17)20(26)28-21(2,3)4/h6,8-9,12,16-17H,5,7,10-11,13H2,1-4H3/t16?,17-/m0/s1. The molecule has 1 aromatic rings. The third-order valence-electron chi connectivity index (χ3n) is 4.45. The number of nitrogens with zero attached hydrogens (tertiary/aromatic N) is 1. The molecule has 2 rings (SSSR count). The third-order valence-corrected chi connectivity index (χ3v) is 4.69. The molecule has 0 spiro atoms. The zero-order chi connectivity index (χ0) is 20.9. The zero-order valence-electron chi connectivity index (χ0n) is 16.9. The van der Waals surface area contributed by atoms with Crippen molar-refractivity contribution in [3.05, 3.63) is 34.9 Å². The van der Waals surface area contributed by atoms with Crippen LogP contribution in [0.2, 0.25) is 5.02 Å². The van der Waals surface area contributed by atoms with E-state index in [0.717, 1.165) is 5.56 Å². The SMILES string of the molecule is CCOC(=O)C(Cc1cccc(Cl)c1)C(=O)[C@@H]1CCCN1C(=O)OC(C)(C)C. The van der Waals surface area contributed by atoms with E-state index in [0.29, 0.717) is 24.4 Å². The highest BCUT2D eigenvalue weighted by Gasteiger charge is 2.42. The molecule has 0 N–H and O–H groups in total. The molecule has 0 aromatic heterocycles. The molecule has 2 atom stereocenters. The van der Waals surface area contributed by atoms with Crippen LogP contribution in [0, 0.1) is 5.92 Å². The molecular formula is C21H28ClNO5. The van der Waals surface area contributed by atoms with Crippen molar-refractivity contribution in [3.63, 3.8) is 0 Å². The molecule has 1 amide bonds. The lowest BCUT2D eigenvalue weighted by Crippen LogP contribution is -2.47. The number of carbonyl (C=O) groups excluding carboxylic acids is 3. The van der Waals surface area contributed by atoms with Gasteiger partial charge in [-0.15, -0.1) is 0 Å². The van der Waals surface area contributed by atoms with Crippen molar-refractivity contribution >= 4 is 29.4 Å². The summed E-state index contributed by atoms with van der Waals surface area (Å²) in [6, 6.07) is 6.34. The Bertz CT molecular complexity index is 728. The van der Waals surface area contributed by atoms with E-state index in [1.165, 1.54) is 4.90 Å². The number of hydrogen-bond donors (Lipinski definition) is 0. The van der Waals surface area contributed by atoms with Crippen LogP contribution in [0.1, 0.15) is 46.1 Å². The number of halogens is 1. The zero-order valence-corrected chi connectivity index (χ0v) is 17.6. The van der Waals surface area contributed by atoms with Gasteiger partial charge >= 0.3 is 12.1 Å². The van der Waals surface area contributed by atoms with Crippen molar-refractivity contribution in [2.75, 3.05) is 13.2 Å². The second-order valence-corrected chi connectivity index (χ2v) is 8.31. The minimum Gasteiger partial charge on any atom is -0.465 e. The number of benzene rings is 1. The van der Waals surface area contributed by atoms with Gasteiger partial charge in [-0.2, -0.15) is 0 Å². The van der Waals surface area contributed by atoms with E-state index in [1.807, 2.05) is 6.07 Å². The van der Waals surface area contributed by atoms with Gasteiger partial charge in [-0.3, -0.25) is 14.5 Å². The van der Waals surface area contributed by atoms with Crippen LogP contribution >= 0.6 is 11.6 Å². The summed E-state index contributed by atoms with van der Waals surface area (Å²) in [5, 5.41) is 0.531. The maximum atomic E-state index is 13.2. The molecule has 0 aliphatic carbocycles. The van der Waals surface area contributed by atoms with Crippen LogP contribution in [0.4, 0.5) is 4.79 Å². The van der Waals surface area contributed by atoms with E-state index < -0.39 is 29.6 Å². The molecule has 7 heteroatoms. The van der Waals surface area contributed by atoms with Gasteiger partial charge in [-0.05, 0) is 64.7 Å². The van der Waals surface area contributed by atoms with Crippen LogP contribution in [-0.4, -0.2) is 47.5 Å². The first kappa shape index (κ1) is 22.2. The van der Waals surface area contributed by atoms with E-state index in [4.69, 9.17) is 21.1 Å². The smallest absolute Gasteiger partial charge is 0.410 e. The van der Waals surface area contributed by atoms with Crippen LogP contribution in [0.25, 0.3) is 0 Å². The highest BCUT2D eigenvalue weighted by molar-refractivity contribution is 6.30. The third kappa shape index (κ3) is 5.96. The molecule has 28 heavy (non-hydrogen) atoms. The predicted octanol–water partition coefficient (Wildman–Crippen LogP) is 4.03. The van der Waals surface area contributed by atoms with Crippen LogP contribution in [-0.2, 0) is 25.5 Å². The first-order valence-electron chi connectivity index (χ1n) is 9.56. The summed E-state index contributed by atoms with van der Waals surface area (Å²) in [6.45, 7) is 7.63. The summed E-state index contributed by atoms with van der Waals surface area (Å²) in [4.78, 5) is 39.7. The fourth-order valence-electron chi connectivity index (χ4n) is 3.28. The highest BCUT2D eigenvalue weighted by atomic mass is 35.5. The quantitative estimate of drug-likeness (QED) is 0.524. The molecule has 1 fully saturated rings. The van der Waals surface area contributed by atoms with Crippen molar-refractivity contribution in [1.29, 1.82) is 0 Å². The molecule has 0 bridgehead atoms. The van der Waals surface area contributed by atoms with Crippen LogP contribution in [0.5, 0.6) is 0 Å². The number of likely N-dealkylation sites (tertiary alicyclic amines) is 1. The van der Waals surface area contributed by atoms with Gasteiger partial charge in [-0.1, -0.05) is 23.7 Å². The van der Waals surface area contributed by atoms with Gasteiger partial charge in [0.05, 0.1) is 12.6 Å². The molecule has 0 radical (unpaired) electrons. The van der Waals surface area contributed by atoms with E-state index in [-0.39, 0.29) is 18.8 Å². The fourth-order valence-corrected chi connectivity index (χ4v) is 3.49. The number of rotatable bonds is 6. The summed E-state index contributed by atoms with van der Waals surface area (Å²) in [6.07, 6.45) is 0.830. The van der Waals surface area contributed by atoms with Crippen molar-refractivity contribution in [2.45, 2.75) is 58.6 Å². The Kier molecular flexibility index (Phi) is 7.47. The molecule has 6 nitrogen and oxygen atoms in total. The maximum Gasteiger partial charge on any atom is 0.410 e. The number of ketones is 1. The Morgan fingerprint density at radius 1 is 1.29 bits per heavy atom. The van der Waals surface area contributed by atoms with E-state index >= 15 is 0 Å². The summed E-state index contributed by atoms with van der Waals surface area (Å²) >= 11 is 6.03. The van der Waals surface area contributed by atoms with Gasteiger partial charge in [0, 0.05) is 11.6 Å². The molecule has 1 aromatic carbocycles. The summed E-state index contributed by atoms with van der Waals surface area (Å²) in [7, 11) is 0. The second-order valence-electron chi connectivity index (χ2n) is 7.87. The normalized spacial score (nSPS) is 17.9. The molecule has 1 aliphatic rings. The first-order chi connectivity index (χ1) is 13.1. The predicted molar refractivity (Wildman–Crippen MR) is 106 cm³/mol. The monoisotopic (exact) mass is 409 g/mol. The Labute approximate surface area is 171 Å². The van der Waals surface area contributed by atoms with Crippen molar-refractivity contribution < 1.29 is 23.9 Å². The van der Waals surface area contributed by atoms with Crippen LogP contribution < -0.4 is 0 Å². The van der Waals surface area contributed by atoms with Crippen molar-refractivity contribution in [1.82, 2.24) is 4.90 Å². The lowest BCUT2D eigenvalue weighted by atomic mass is 9.90. The Hall–Kier alpha value is -2.08. The van der Waals surface area contributed by atoms with E-state index in [9.17, 15) is 14.4 Å². The number of amides is 1. The van der Waals surface area contributed by atoms with Crippen LogP contribution in [0.15, 0.2) is 24.3 Å². The number of esters is 1. The number of ether oxygens (including phenoxy) is 2. The lowest BCUT2D eigenvalue weighted by molar-refractivity contribution is -0.152. The highest BCUT2D eigenvalue weighted by Crippen LogP contribution is 2.26. The number of carbonyl (C=O) groups is 3. The average molecular weight is 410 g/mol. The van der Waals surface area contributed by atoms with E-state index in [1.54, 1.807) is 45.9 Å². The second kappa shape index (κ2) is 9.41. The molecule has 1 heterocycles. The lowest BCUT2D eigenvalue weighted by Gasteiger charge is -2.29. The maximum absolute atomic E-state index is 13.2. The Morgan fingerprint density at radius 3 is 2.61 bits per heavy atom. The van der Waals surface area contributed by atoms with Gasteiger partial charge in [-0.25, -0.2) is 4.79 Å². The van der Waals surface area contributed by atoms with Gasteiger partial charge in [0.25, 0.3) is 0 Å². The Morgan fingerprint density at radius 2 is 2.00 bits per heavy atom. The van der Waals surface area contributed by atoms with Crippen LogP contribution in [0.3, 0.4) is 0 Å². The summed E-state index contributed by atoms with van der Waals surface area (Å²) < 4.78 is 10.6. The molecular weight excluding hydrogens is 382 g/mol.